The second kappa shape index (κ2) is 7.63. The van der Waals surface area contributed by atoms with E-state index < -0.39 is 17.9 Å². The number of hydrogen-bond acceptors (Lipinski definition) is 4. The normalized spacial score (nSPS) is 13.8. The molecule has 2 N–H and O–H groups in total. The summed E-state index contributed by atoms with van der Waals surface area (Å²) in [6.07, 6.45) is 1.71. The molecule has 7 nitrogen and oxygen atoms in total. The predicted octanol–water partition coefficient (Wildman–Crippen LogP) is 0.900. The molecular weight excluding hydrogens is 312 g/mol. The Hall–Kier alpha value is -2.83. The third-order valence-electron chi connectivity index (χ3n) is 3.72. The van der Waals surface area contributed by atoms with Gasteiger partial charge in [-0.15, -0.1) is 0 Å². The van der Waals surface area contributed by atoms with E-state index in [4.69, 9.17) is 4.74 Å². The maximum atomic E-state index is 12.7. The lowest BCUT2D eigenvalue weighted by molar-refractivity contribution is -0.148. The van der Waals surface area contributed by atoms with Gasteiger partial charge < -0.3 is 20.1 Å². The van der Waals surface area contributed by atoms with Crippen molar-refractivity contribution in [3.63, 3.8) is 0 Å². The van der Waals surface area contributed by atoms with Gasteiger partial charge >= 0.3 is 5.97 Å². The molecular formula is C17H20N2O5. The Labute approximate surface area is 139 Å². The topological polar surface area (TPSA) is 95.9 Å². The lowest BCUT2D eigenvalue weighted by Crippen LogP contribution is -2.47. The molecule has 1 heterocycles. The van der Waals surface area contributed by atoms with Crippen molar-refractivity contribution in [2.24, 2.45) is 0 Å². The van der Waals surface area contributed by atoms with Crippen LogP contribution in [0.15, 0.2) is 29.8 Å². The van der Waals surface area contributed by atoms with Gasteiger partial charge in [-0.2, -0.15) is 0 Å². The summed E-state index contributed by atoms with van der Waals surface area (Å²) in [5.41, 5.74) is 1.15. The number of para-hydroxylation sites is 1. The molecule has 1 aliphatic heterocycles. The Kier molecular flexibility index (Phi) is 5.57. The number of rotatable bonds is 6. The number of carboxylic acids is 1. The first-order valence-electron chi connectivity index (χ1n) is 7.60. The molecule has 0 aromatic heterocycles. The number of carboxylic acid groups (broad SMARTS) is 1. The monoisotopic (exact) mass is 332 g/mol. The SMILES string of the molecule is CC(=O)NCCN(C(=O)C1=Cc2ccccc2OC1)C(C)C(=O)O. The highest BCUT2D eigenvalue weighted by Crippen LogP contribution is 2.26. The second-order valence-corrected chi connectivity index (χ2v) is 5.49. The molecule has 0 aliphatic carbocycles. The van der Waals surface area contributed by atoms with Gasteiger partial charge in [-0.3, -0.25) is 9.59 Å². The van der Waals surface area contributed by atoms with Crippen LogP contribution in [0.1, 0.15) is 19.4 Å². The van der Waals surface area contributed by atoms with Crippen molar-refractivity contribution in [2.75, 3.05) is 19.7 Å². The standard InChI is InChI=1S/C17H20N2O5/c1-11(17(22)23)19(8-7-18-12(2)20)16(21)14-9-13-5-3-4-6-15(13)24-10-14/h3-6,9,11H,7-8,10H2,1-2H3,(H,18,20)(H,22,23). The average Bonchev–Trinajstić information content (AvgIpc) is 2.56. The van der Waals surface area contributed by atoms with Crippen molar-refractivity contribution in [3.8, 4) is 5.75 Å². The maximum absolute atomic E-state index is 12.7. The molecule has 7 heteroatoms. The van der Waals surface area contributed by atoms with Crippen molar-refractivity contribution in [2.45, 2.75) is 19.9 Å². The minimum absolute atomic E-state index is 0.0822. The second-order valence-electron chi connectivity index (χ2n) is 5.49. The van der Waals surface area contributed by atoms with Crippen molar-refractivity contribution in [1.82, 2.24) is 10.2 Å². The number of aliphatic carboxylic acids is 1. The van der Waals surface area contributed by atoms with Crippen molar-refractivity contribution in [1.29, 1.82) is 0 Å². The molecule has 0 radical (unpaired) electrons. The van der Waals surface area contributed by atoms with Gasteiger partial charge in [-0.1, -0.05) is 18.2 Å². The smallest absolute Gasteiger partial charge is 0.326 e. The minimum atomic E-state index is -1.11. The first kappa shape index (κ1) is 17.5. The Morgan fingerprint density at radius 1 is 1.33 bits per heavy atom. The zero-order valence-corrected chi connectivity index (χ0v) is 13.6. The number of amides is 2. The quantitative estimate of drug-likeness (QED) is 0.807. The summed E-state index contributed by atoms with van der Waals surface area (Å²) in [5.74, 6) is -1.07. The molecule has 2 rings (SSSR count). The van der Waals surface area contributed by atoms with Gasteiger partial charge in [-0.25, -0.2) is 4.79 Å². The molecule has 128 valence electrons. The van der Waals surface area contributed by atoms with E-state index in [-0.39, 0.29) is 25.6 Å². The van der Waals surface area contributed by atoms with Crippen LogP contribution in [0.25, 0.3) is 6.08 Å². The van der Waals surface area contributed by atoms with Gasteiger partial charge in [0.15, 0.2) is 0 Å². The number of ether oxygens (including phenoxy) is 1. The van der Waals surface area contributed by atoms with Gasteiger partial charge in [0, 0.05) is 25.6 Å². The average molecular weight is 332 g/mol. The molecule has 0 fully saturated rings. The van der Waals surface area contributed by atoms with Crippen LogP contribution in [0.5, 0.6) is 5.75 Å². The van der Waals surface area contributed by atoms with Crippen LogP contribution < -0.4 is 10.1 Å². The summed E-state index contributed by atoms with van der Waals surface area (Å²) in [4.78, 5) is 36.2. The molecule has 1 unspecified atom stereocenters. The first-order valence-corrected chi connectivity index (χ1v) is 7.60. The molecule has 1 atom stereocenters. The molecule has 0 bridgehead atoms. The van der Waals surface area contributed by atoms with Gasteiger partial charge in [0.05, 0.1) is 5.57 Å². The molecule has 0 saturated heterocycles. The number of benzene rings is 1. The zero-order chi connectivity index (χ0) is 17.7. The third kappa shape index (κ3) is 4.13. The summed E-state index contributed by atoms with van der Waals surface area (Å²) < 4.78 is 5.56. The van der Waals surface area contributed by atoms with E-state index in [0.717, 1.165) is 5.56 Å². The van der Waals surface area contributed by atoms with Crippen LogP contribution in [0.3, 0.4) is 0 Å². The Balaban J connectivity index is 2.19. The number of nitrogens with zero attached hydrogens (tertiary/aromatic N) is 1. The van der Waals surface area contributed by atoms with Crippen LogP contribution in [-0.4, -0.2) is 53.5 Å². The highest BCUT2D eigenvalue weighted by molar-refractivity contribution is 6.00. The van der Waals surface area contributed by atoms with E-state index in [2.05, 4.69) is 5.32 Å². The van der Waals surface area contributed by atoms with Gasteiger partial charge in [-0.05, 0) is 19.1 Å². The van der Waals surface area contributed by atoms with Crippen LogP contribution in [0, 0.1) is 0 Å². The Bertz CT molecular complexity index is 683. The third-order valence-corrected chi connectivity index (χ3v) is 3.72. The lowest BCUT2D eigenvalue weighted by Gasteiger charge is -2.29. The first-order chi connectivity index (χ1) is 11.4. The molecule has 0 spiro atoms. The lowest BCUT2D eigenvalue weighted by atomic mass is 10.1. The van der Waals surface area contributed by atoms with E-state index in [9.17, 15) is 19.5 Å². The van der Waals surface area contributed by atoms with Crippen LogP contribution in [0.2, 0.25) is 0 Å². The van der Waals surface area contributed by atoms with E-state index >= 15 is 0 Å². The van der Waals surface area contributed by atoms with Gasteiger partial charge in [0.2, 0.25) is 5.91 Å². The Morgan fingerprint density at radius 3 is 2.71 bits per heavy atom. The van der Waals surface area contributed by atoms with Crippen LogP contribution >= 0.6 is 0 Å². The number of hydrogen-bond donors (Lipinski definition) is 2. The van der Waals surface area contributed by atoms with Crippen LogP contribution in [-0.2, 0) is 14.4 Å². The highest BCUT2D eigenvalue weighted by Gasteiger charge is 2.29. The molecule has 1 aromatic carbocycles. The fourth-order valence-corrected chi connectivity index (χ4v) is 2.38. The summed E-state index contributed by atoms with van der Waals surface area (Å²) >= 11 is 0. The van der Waals surface area contributed by atoms with E-state index in [1.807, 2.05) is 24.3 Å². The molecule has 1 aliphatic rings. The number of carbonyl (C=O) groups excluding carboxylic acids is 2. The van der Waals surface area contributed by atoms with E-state index in [1.165, 1.54) is 18.7 Å². The van der Waals surface area contributed by atoms with Crippen LogP contribution in [0.4, 0.5) is 0 Å². The summed E-state index contributed by atoms with van der Waals surface area (Å²) in [6, 6.07) is 6.29. The summed E-state index contributed by atoms with van der Waals surface area (Å²) in [7, 11) is 0. The Morgan fingerprint density at radius 2 is 2.04 bits per heavy atom. The van der Waals surface area contributed by atoms with E-state index in [1.54, 1.807) is 6.08 Å². The number of carbonyl (C=O) groups is 3. The molecule has 1 aromatic rings. The zero-order valence-electron chi connectivity index (χ0n) is 13.6. The number of fused-ring (bicyclic) bond motifs is 1. The van der Waals surface area contributed by atoms with Crippen molar-refractivity contribution >= 4 is 23.9 Å². The summed E-state index contributed by atoms with van der Waals surface area (Å²) in [5, 5.41) is 11.8. The van der Waals surface area contributed by atoms with Crippen molar-refractivity contribution < 1.29 is 24.2 Å². The molecule has 0 saturated carbocycles. The maximum Gasteiger partial charge on any atom is 0.326 e. The summed E-state index contributed by atoms with van der Waals surface area (Å²) in [6.45, 7) is 3.17. The predicted molar refractivity (Wildman–Crippen MR) is 87.4 cm³/mol. The van der Waals surface area contributed by atoms with E-state index in [0.29, 0.717) is 11.3 Å². The highest BCUT2D eigenvalue weighted by atomic mass is 16.5. The minimum Gasteiger partial charge on any atom is -0.488 e. The largest absolute Gasteiger partial charge is 0.488 e. The fourth-order valence-electron chi connectivity index (χ4n) is 2.38. The fraction of sp³-hybridized carbons (Fsp3) is 0.353. The number of nitrogens with one attached hydrogen (secondary N) is 1. The molecule has 2 amide bonds. The molecule has 24 heavy (non-hydrogen) atoms. The van der Waals surface area contributed by atoms with Gasteiger partial charge in [0.25, 0.3) is 5.91 Å². The van der Waals surface area contributed by atoms with Gasteiger partial charge in [0.1, 0.15) is 18.4 Å². The van der Waals surface area contributed by atoms with Crippen molar-refractivity contribution in [3.05, 3.63) is 35.4 Å².